The molecule has 0 spiro atoms. The molecule has 2 rings (SSSR count). The number of sulfonamides is 1. The molecule has 0 radical (unpaired) electrons. The van der Waals surface area contributed by atoms with Gasteiger partial charge in [-0.2, -0.15) is 0 Å². The number of hydrogen-bond donors (Lipinski definition) is 1. The van der Waals surface area contributed by atoms with E-state index in [1.807, 2.05) is 13.0 Å². The van der Waals surface area contributed by atoms with Gasteiger partial charge in [-0.3, -0.25) is 4.79 Å². The molecule has 0 aliphatic carbocycles. The van der Waals surface area contributed by atoms with Crippen molar-refractivity contribution in [3.8, 4) is 0 Å². The fourth-order valence-corrected chi connectivity index (χ4v) is 3.58. The van der Waals surface area contributed by atoms with Crippen LogP contribution in [0.25, 0.3) is 0 Å². The van der Waals surface area contributed by atoms with Gasteiger partial charge in [0.2, 0.25) is 15.9 Å². The van der Waals surface area contributed by atoms with Crippen molar-refractivity contribution in [2.24, 2.45) is 0 Å². The Bertz CT molecular complexity index is 583. The minimum absolute atomic E-state index is 0.0164. The molecule has 1 heterocycles. The average Bonchev–Trinajstić information content (AvgIpc) is 2.77. The Balaban J connectivity index is 2.09. The van der Waals surface area contributed by atoms with Gasteiger partial charge in [-0.25, -0.2) is 13.1 Å². The van der Waals surface area contributed by atoms with Crippen LogP contribution in [0.15, 0.2) is 29.2 Å². The molecule has 0 aromatic heterocycles. The zero-order chi connectivity index (χ0) is 14.0. The van der Waals surface area contributed by atoms with E-state index >= 15 is 0 Å². The minimum atomic E-state index is -3.50. The van der Waals surface area contributed by atoms with Gasteiger partial charge in [-0.15, -0.1) is 0 Å². The minimum Gasteiger partial charge on any atom is -0.341 e. The van der Waals surface area contributed by atoms with E-state index in [2.05, 4.69) is 4.72 Å². The fraction of sp³-hybridized carbons (Fsp3) is 0.462. The number of carbonyl (C=O) groups is 1. The maximum absolute atomic E-state index is 12.2. The van der Waals surface area contributed by atoms with E-state index in [1.165, 1.54) is 6.92 Å². The van der Waals surface area contributed by atoms with Gasteiger partial charge in [0.25, 0.3) is 0 Å². The predicted molar refractivity (Wildman–Crippen MR) is 72.2 cm³/mol. The first-order chi connectivity index (χ1) is 8.88. The topological polar surface area (TPSA) is 66.5 Å². The quantitative estimate of drug-likeness (QED) is 0.895. The molecule has 1 atom stereocenters. The van der Waals surface area contributed by atoms with Gasteiger partial charge < -0.3 is 4.90 Å². The van der Waals surface area contributed by atoms with Gasteiger partial charge in [0.1, 0.15) is 0 Å². The Labute approximate surface area is 113 Å². The van der Waals surface area contributed by atoms with Crippen LogP contribution in [0.4, 0.5) is 0 Å². The van der Waals surface area contributed by atoms with Crippen LogP contribution in [0, 0.1) is 6.92 Å². The Kier molecular flexibility index (Phi) is 3.91. The summed E-state index contributed by atoms with van der Waals surface area (Å²) in [5, 5.41) is 0. The zero-order valence-electron chi connectivity index (χ0n) is 11.1. The van der Waals surface area contributed by atoms with Crippen molar-refractivity contribution >= 4 is 15.9 Å². The predicted octanol–water partition coefficient (Wildman–Crippen LogP) is 0.894. The molecule has 1 aromatic carbocycles. The third-order valence-electron chi connectivity index (χ3n) is 3.26. The lowest BCUT2D eigenvalue weighted by Gasteiger charge is -2.15. The summed E-state index contributed by atoms with van der Waals surface area (Å²) in [5.41, 5.74) is 0.902. The second kappa shape index (κ2) is 5.30. The third kappa shape index (κ3) is 3.33. The van der Waals surface area contributed by atoms with Crippen LogP contribution in [-0.2, 0) is 14.8 Å². The van der Waals surface area contributed by atoms with Crippen molar-refractivity contribution in [2.45, 2.75) is 31.2 Å². The SMILES string of the molecule is CC(=O)N1CCC(NS(=O)(=O)c2cccc(C)c2)C1. The van der Waals surface area contributed by atoms with E-state index in [1.54, 1.807) is 23.1 Å². The van der Waals surface area contributed by atoms with Crippen molar-refractivity contribution in [3.05, 3.63) is 29.8 Å². The summed E-state index contributed by atoms with van der Waals surface area (Å²) < 4.78 is 27.1. The van der Waals surface area contributed by atoms with Crippen LogP contribution in [0.5, 0.6) is 0 Å². The number of hydrogen-bond acceptors (Lipinski definition) is 3. The van der Waals surface area contributed by atoms with Gasteiger partial charge in [0.05, 0.1) is 4.90 Å². The van der Waals surface area contributed by atoms with E-state index in [9.17, 15) is 13.2 Å². The zero-order valence-corrected chi connectivity index (χ0v) is 11.9. The molecule has 0 bridgehead atoms. The van der Waals surface area contributed by atoms with Gasteiger partial charge in [0, 0.05) is 26.1 Å². The van der Waals surface area contributed by atoms with E-state index in [4.69, 9.17) is 0 Å². The summed E-state index contributed by atoms with van der Waals surface area (Å²) in [6.07, 6.45) is 0.657. The molecule has 1 amide bonds. The summed E-state index contributed by atoms with van der Waals surface area (Å²) in [5.74, 6) is -0.0164. The van der Waals surface area contributed by atoms with Crippen molar-refractivity contribution in [3.63, 3.8) is 0 Å². The Hall–Kier alpha value is -1.40. The highest BCUT2D eigenvalue weighted by molar-refractivity contribution is 7.89. The molecule has 1 N–H and O–H groups in total. The molecule has 104 valence electrons. The molecule has 1 fully saturated rings. The number of nitrogens with one attached hydrogen (secondary N) is 1. The highest BCUT2D eigenvalue weighted by Gasteiger charge is 2.28. The third-order valence-corrected chi connectivity index (χ3v) is 4.77. The summed E-state index contributed by atoms with van der Waals surface area (Å²) >= 11 is 0. The van der Waals surface area contributed by atoms with Crippen LogP contribution in [-0.4, -0.2) is 38.4 Å². The second-order valence-electron chi connectivity index (χ2n) is 4.89. The lowest BCUT2D eigenvalue weighted by Crippen LogP contribution is -2.37. The molecular formula is C13H18N2O3S. The van der Waals surface area contributed by atoms with Gasteiger partial charge in [-0.05, 0) is 31.0 Å². The standard InChI is InChI=1S/C13H18N2O3S/c1-10-4-3-5-13(8-10)19(17,18)14-12-6-7-15(9-12)11(2)16/h3-5,8,12,14H,6-7,9H2,1-2H3. The van der Waals surface area contributed by atoms with E-state index in [0.29, 0.717) is 19.5 Å². The van der Waals surface area contributed by atoms with E-state index in [0.717, 1.165) is 5.56 Å². The molecule has 5 nitrogen and oxygen atoms in total. The van der Waals surface area contributed by atoms with Gasteiger partial charge in [0.15, 0.2) is 0 Å². The number of likely N-dealkylation sites (tertiary alicyclic amines) is 1. The van der Waals surface area contributed by atoms with Crippen molar-refractivity contribution in [2.75, 3.05) is 13.1 Å². The van der Waals surface area contributed by atoms with E-state index < -0.39 is 10.0 Å². The average molecular weight is 282 g/mol. The normalized spacial score (nSPS) is 19.7. The molecule has 1 saturated heterocycles. The molecule has 0 saturated carbocycles. The summed E-state index contributed by atoms with van der Waals surface area (Å²) in [6, 6.07) is 6.59. The van der Waals surface area contributed by atoms with Crippen LogP contribution < -0.4 is 4.72 Å². The van der Waals surface area contributed by atoms with Crippen LogP contribution in [0.2, 0.25) is 0 Å². The van der Waals surface area contributed by atoms with Crippen LogP contribution in [0.1, 0.15) is 18.9 Å². The molecule has 1 aliphatic heterocycles. The first kappa shape index (κ1) is 14.0. The number of nitrogens with zero attached hydrogens (tertiary/aromatic N) is 1. The molecule has 1 aliphatic rings. The monoisotopic (exact) mass is 282 g/mol. The number of rotatable bonds is 3. The first-order valence-corrected chi connectivity index (χ1v) is 7.71. The van der Waals surface area contributed by atoms with Crippen molar-refractivity contribution in [1.29, 1.82) is 0 Å². The largest absolute Gasteiger partial charge is 0.341 e. The summed E-state index contributed by atoms with van der Waals surface area (Å²) in [4.78, 5) is 13.1. The van der Waals surface area contributed by atoms with Crippen molar-refractivity contribution < 1.29 is 13.2 Å². The van der Waals surface area contributed by atoms with E-state index in [-0.39, 0.29) is 16.8 Å². The van der Waals surface area contributed by atoms with Crippen LogP contribution >= 0.6 is 0 Å². The highest BCUT2D eigenvalue weighted by atomic mass is 32.2. The maximum Gasteiger partial charge on any atom is 0.240 e. The molecule has 1 aromatic rings. The summed E-state index contributed by atoms with van der Waals surface area (Å²) in [7, 11) is -3.50. The van der Waals surface area contributed by atoms with Gasteiger partial charge >= 0.3 is 0 Å². The Morgan fingerprint density at radius 2 is 2.16 bits per heavy atom. The van der Waals surface area contributed by atoms with Crippen molar-refractivity contribution in [1.82, 2.24) is 9.62 Å². The number of amides is 1. The fourth-order valence-electron chi connectivity index (χ4n) is 2.21. The highest BCUT2D eigenvalue weighted by Crippen LogP contribution is 2.15. The maximum atomic E-state index is 12.2. The Morgan fingerprint density at radius 3 is 2.74 bits per heavy atom. The molecule has 1 unspecified atom stereocenters. The second-order valence-corrected chi connectivity index (χ2v) is 6.60. The molecule has 6 heteroatoms. The first-order valence-electron chi connectivity index (χ1n) is 6.23. The lowest BCUT2D eigenvalue weighted by molar-refractivity contribution is -0.127. The smallest absolute Gasteiger partial charge is 0.240 e. The summed E-state index contributed by atoms with van der Waals surface area (Å²) in [6.45, 7) is 4.40. The Morgan fingerprint density at radius 1 is 1.42 bits per heavy atom. The number of aryl methyl sites for hydroxylation is 1. The molecule has 19 heavy (non-hydrogen) atoms. The lowest BCUT2D eigenvalue weighted by atomic mass is 10.2. The molecular weight excluding hydrogens is 264 g/mol. The number of carbonyl (C=O) groups excluding carboxylic acids is 1. The van der Waals surface area contributed by atoms with Gasteiger partial charge in [-0.1, -0.05) is 12.1 Å². The van der Waals surface area contributed by atoms with Crippen LogP contribution in [0.3, 0.4) is 0 Å². The number of benzene rings is 1.